The van der Waals surface area contributed by atoms with Gasteiger partial charge in [-0.25, -0.2) is 0 Å². The first kappa shape index (κ1) is 72.4. The van der Waals surface area contributed by atoms with Gasteiger partial charge < -0.3 is 19.6 Å². The van der Waals surface area contributed by atoms with Crippen molar-refractivity contribution in [2.75, 3.05) is 81.6 Å². The Labute approximate surface area is 176 Å². The third-order valence-corrected chi connectivity index (χ3v) is 2.72. The number of hydrogen-bond donors (Lipinski definition) is 0. The van der Waals surface area contributed by atoms with E-state index in [4.69, 9.17) is 0 Å². The van der Waals surface area contributed by atoms with E-state index in [-0.39, 0.29) is 74.3 Å². The molecule has 0 amide bonds. The van der Waals surface area contributed by atoms with Crippen molar-refractivity contribution in [2.24, 2.45) is 0 Å². The van der Waals surface area contributed by atoms with Gasteiger partial charge in [-0.2, -0.15) is 0 Å². The molecule has 0 aromatic heterocycles. The van der Waals surface area contributed by atoms with E-state index in [1.165, 1.54) is 0 Å². The van der Waals surface area contributed by atoms with E-state index >= 15 is 0 Å². The molecule has 4 nitrogen and oxygen atoms in total. The van der Waals surface area contributed by atoms with Crippen LogP contribution in [0.25, 0.3) is 0 Å². The Hall–Kier alpha value is -0.160. The van der Waals surface area contributed by atoms with E-state index in [9.17, 15) is 0 Å². The fourth-order valence-corrected chi connectivity index (χ4v) is 1.31. The zero-order valence-corrected chi connectivity index (χ0v) is 12.0. The van der Waals surface area contributed by atoms with Crippen molar-refractivity contribution in [3.05, 3.63) is 0 Å². The Morgan fingerprint density at radius 1 is 0.308 bits per heavy atom. The normalized spacial score (nSPS) is 7.62. The first-order valence-electron chi connectivity index (χ1n) is 6.08. The maximum absolute atomic E-state index is 2.40. The molecule has 0 N–H and O–H groups in total. The molecule has 0 unspecified atom stereocenters. The van der Waals surface area contributed by atoms with Crippen molar-refractivity contribution in [2.45, 2.75) is 74.3 Å². The van der Waals surface area contributed by atoms with Gasteiger partial charge in [0.25, 0.3) is 0 Å². The summed E-state index contributed by atoms with van der Waals surface area (Å²) >= 11 is 0. The molecule has 0 saturated heterocycles. The summed E-state index contributed by atoms with van der Waals surface area (Å²) in [6, 6.07) is 0. The van der Waals surface area contributed by atoms with Gasteiger partial charge in [0, 0.05) is 39.3 Å². The Balaban J connectivity index is -0.0000000250. The molecular formula is C22H70N4. The number of likely N-dealkylation sites (N-methyl/N-ethyl adjacent to an activating group) is 4. The monoisotopic (exact) mass is 391 g/mol. The zero-order valence-electron chi connectivity index (χ0n) is 12.0. The lowest BCUT2D eigenvalue weighted by atomic mass is 10.4. The molecule has 0 atom stereocenters. The maximum Gasteiger partial charge on any atom is 0.0107 e. The van der Waals surface area contributed by atoms with E-state index in [1.54, 1.807) is 0 Å². The second-order valence-corrected chi connectivity index (χ2v) is 5.21. The minimum absolute atomic E-state index is 0. The minimum atomic E-state index is 0. The van der Waals surface area contributed by atoms with E-state index in [1.807, 2.05) is 0 Å². The lowest BCUT2D eigenvalue weighted by Crippen LogP contribution is -2.37. The van der Waals surface area contributed by atoms with Crippen molar-refractivity contribution in [3.8, 4) is 0 Å². The van der Waals surface area contributed by atoms with Crippen molar-refractivity contribution in [3.63, 3.8) is 0 Å². The summed E-state index contributed by atoms with van der Waals surface area (Å²) in [5.41, 5.74) is 0. The van der Waals surface area contributed by atoms with E-state index in [2.05, 4.69) is 61.9 Å². The summed E-state index contributed by atoms with van der Waals surface area (Å²) in [7, 11) is 12.9. The molecule has 178 valence electrons. The molecule has 0 heterocycles. The van der Waals surface area contributed by atoms with Crippen LogP contribution in [0.1, 0.15) is 74.3 Å². The topological polar surface area (TPSA) is 13.0 Å². The van der Waals surface area contributed by atoms with Gasteiger partial charge >= 0.3 is 0 Å². The minimum Gasteiger partial charge on any atom is -0.308 e. The summed E-state index contributed by atoms with van der Waals surface area (Å²) in [6.45, 7) is 6.87. The van der Waals surface area contributed by atoms with Crippen LogP contribution >= 0.6 is 0 Å². The fourth-order valence-electron chi connectivity index (χ4n) is 1.31. The van der Waals surface area contributed by atoms with Crippen LogP contribution in [0.3, 0.4) is 0 Å². The molecule has 0 aliphatic rings. The lowest BCUT2D eigenvalue weighted by Gasteiger charge is -2.24. The number of nitrogens with zero attached hydrogens (tertiary/aromatic N) is 4. The molecule has 0 bridgehead atoms. The van der Waals surface area contributed by atoms with Gasteiger partial charge in [0.1, 0.15) is 0 Å². The summed E-state index contributed by atoms with van der Waals surface area (Å²) in [4.78, 5) is 9.25. The van der Waals surface area contributed by atoms with E-state index in [0.29, 0.717) is 0 Å². The Bertz CT molecular complexity index is 144. The molecule has 0 radical (unpaired) electrons. The van der Waals surface area contributed by atoms with Crippen LogP contribution in [0.5, 0.6) is 0 Å². The van der Waals surface area contributed by atoms with Crippen LogP contribution in [0, 0.1) is 0 Å². The molecule has 0 aromatic rings. The van der Waals surface area contributed by atoms with Crippen LogP contribution in [-0.2, 0) is 0 Å². The molecule has 26 heavy (non-hydrogen) atoms. The molecule has 0 aliphatic heterocycles. The average Bonchev–Trinajstić information content (AvgIpc) is 2.20. The van der Waals surface area contributed by atoms with Gasteiger partial charge in [-0.1, -0.05) is 74.3 Å². The first-order valence-corrected chi connectivity index (χ1v) is 6.08. The molecule has 0 rings (SSSR count). The fraction of sp³-hybridized carbons (Fsp3) is 1.00. The van der Waals surface area contributed by atoms with Crippen LogP contribution < -0.4 is 0 Å². The number of hydrogen-bond acceptors (Lipinski definition) is 4. The summed E-state index contributed by atoms with van der Waals surface area (Å²) in [5, 5.41) is 0. The van der Waals surface area contributed by atoms with Gasteiger partial charge in [-0.05, 0) is 42.3 Å². The highest BCUT2D eigenvalue weighted by Crippen LogP contribution is 1.88. The highest BCUT2D eigenvalue weighted by molar-refractivity contribution is 4.59. The van der Waals surface area contributed by atoms with Gasteiger partial charge in [0.15, 0.2) is 0 Å². The number of rotatable bonds is 9. The van der Waals surface area contributed by atoms with Crippen molar-refractivity contribution < 1.29 is 0 Å². The Morgan fingerprint density at radius 2 is 0.462 bits per heavy atom. The zero-order chi connectivity index (χ0) is 12.6. The predicted molar refractivity (Wildman–Crippen MR) is 139 cm³/mol. The van der Waals surface area contributed by atoms with Gasteiger partial charge in [0.2, 0.25) is 0 Å². The lowest BCUT2D eigenvalue weighted by molar-refractivity contribution is 0.225. The van der Waals surface area contributed by atoms with Gasteiger partial charge in [0.05, 0.1) is 0 Å². The third-order valence-electron chi connectivity index (χ3n) is 2.72. The Kier molecular flexibility index (Phi) is 124. The molecule has 0 saturated carbocycles. The van der Waals surface area contributed by atoms with E-state index < -0.39 is 0 Å². The quantitative estimate of drug-likeness (QED) is 0.455. The summed E-state index contributed by atoms with van der Waals surface area (Å²) < 4.78 is 0. The largest absolute Gasteiger partial charge is 0.308 e. The molecule has 0 aliphatic carbocycles. The molecule has 4 heteroatoms. The second kappa shape index (κ2) is 44.4. The smallest absolute Gasteiger partial charge is 0.0107 e. The summed E-state index contributed by atoms with van der Waals surface area (Å²) in [5.74, 6) is 0. The van der Waals surface area contributed by atoms with Crippen molar-refractivity contribution in [1.82, 2.24) is 19.6 Å². The predicted octanol–water partition coefficient (Wildman–Crippen LogP) is 6.33. The maximum atomic E-state index is 2.40. The van der Waals surface area contributed by atoms with Gasteiger partial charge in [-0.3, -0.25) is 0 Å². The SMILES string of the molecule is C.C.C.C.C.C.C.C.C.C.CN(C)CCN(C)CCN(C)CCN(C)C. The van der Waals surface area contributed by atoms with Crippen LogP contribution in [-0.4, -0.2) is 101 Å². The molecule has 0 aromatic carbocycles. The highest BCUT2D eigenvalue weighted by Gasteiger charge is 2.02. The third kappa shape index (κ3) is 56.5. The molecular weight excluding hydrogens is 320 g/mol. The van der Waals surface area contributed by atoms with Crippen LogP contribution in [0.15, 0.2) is 0 Å². The van der Waals surface area contributed by atoms with Crippen molar-refractivity contribution in [1.29, 1.82) is 0 Å². The van der Waals surface area contributed by atoms with E-state index in [0.717, 1.165) is 39.3 Å². The second-order valence-electron chi connectivity index (χ2n) is 5.21. The van der Waals surface area contributed by atoms with Crippen molar-refractivity contribution >= 4 is 0 Å². The molecule has 0 spiro atoms. The van der Waals surface area contributed by atoms with Gasteiger partial charge in [-0.15, -0.1) is 0 Å². The average molecular weight is 391 g/mol. The standard InChI is InChI=1S/C12H30N4.10CH4/c1-13(2)7-9-15(5)11-12-16(6)10-8-14(3)4;;;;;;;;;;/h7-12H2,1-6H3;10*1H4. The summed E-state index contributed by atoms with van der Waals surface area (Å²) in [6.07, 6.45) is 0. The molecule has 0 fully saturated rings. The Morgan fingerprint density at radius 3 is 0.615 bits per heavy atom. The van der Waals surface area contributed by atoms with Crippen LogP contribution in [0.4, 0.5) is 0 Å². The first-order chi connectivity index (χ1) is 7.41. The highest BCUT2D eigenvalue weighted by atomic mass is 15.2. The van der Waals surface area contributed by atoms with Crippen LogP contribution in [0.2, 0.25) is 0 Å².